The van der Waals surface area contributed by atoms with Crippen LogP contribution >= 0.6 is 0 Å². The zero-order valence-electron chi connectivity index (χ0n) is 12.6. The molecule has 0 radical (unpaired) electrons. The molecule has 1 aliphatic rings. The van der Waals surface area contributed by atoms with Crippen molar-refractivity contribution in [1.82, 2.24) is 4.90 Å². The molecule has 5 heteroatoms. The first-order valence-electron chi connectivity index (χ1n) is 7.30. The zero-order chi connectivity index (χ0) is 15.2. The summed E-state index contributed by atoms with van der Waals surface area (Å²) >= 11 is 0. The number of oxime groups is 1. The second kappa shape index (κ2) is 7.11. The number of likely N-dealkylation sites (tertiary alicyclic amines) is 1. The number of carbonyl (C=O) groups is 1. The Hall–Kier alpha value is -2.04. The molecule has 5 nitrogen and oxygen atoms in total. The van der Waals surface area contributed by atoms with E-state index in [9.17, 15) is 4.79 Å². The van der Waals surface area contributed by atoms with Crippen molar-refractivity contribution in [3.63, 3.8) is 0 Å². The van der Waals surface area contributed by atoms with Gasteiger partial charge in [-0.25, -0.2) is 0 Å². The molecule has 0 aliphatic carbocycles. The third-order valence-corrected chi connectivity index (χ3v) is 4.06. The van der Waals surface area contributed by atoms with Crippen LogP contribution in [-0.2, 0) is 11.2 Å². The molecule has 1 aromatic rings. The Balaban J connectivity index is 2.04. The van der Waals surface area contributed by atoms with E-state index in [2.05, 4.69) is 5.16 Å². The normalized spacial score (nSPS) is 20.6. The zero-order valence-corrected chi connectivity index (χ0v) is 12.6. The molecule has 0 saturated carbocycles. The van der Waals surface area contributed by atoms with Crippen molar-refractivity contribution >= 4 is 11.6 Å². The highest BCUT2D eigenvalue weighted by Gasteiger charge is 2.27. The van der Waals surface area contributed by atoms with Gasteiger partial charge in [-0.05, 0) is 12.5 Å². The molecule has 1 fully saturated rings. The molecule has 21 heavy (non-hydrogen) atoms. The van der Waals surface area contributed by atoms with E-state index in [1.807, 2.05) is 36.1 Å². The summed E-state index contributed by atoms with van der Waals surface area (Å²) in [6.07, 6.45) is 1.86. The number of hydrogen-bond acceptors (Lipinski definition) is 4. The molecule has 0 aromatic heterocycles. The number of ether oxygens (including phenoxy) is 1. The lowest BCUT2D eigenvalue weighted by Gasteiger charge is -2.33. The van der Waals surface area contributed by atoms with E-state index < -0.39 is 0 Å². The summed E-state index contributed by atoms with van der Waals surface area (Å²) < 4.78 is 5.29. The Morgan fingerprint density at radius 1 is 1.48 bits per heavy atom. The number of nitrogens with zero attached hydrogens (tertiary/aromatic N) is 2. The fraction of sp³-hybridized carbons (Fsp3) is 0.500. The van der Waals surface area contributed by atoms with Gasteiger partial charge in [0, 0.05) is 31.0 Å². The largest absolute Gasteiger partial charge is 0.496 e. The van der Waals surface area contributed by atoms with Crippen LogP contribution in [-0.4, -0.2) is 41.9 Å². The number of para-hydroxylation sites is 1. The Labute approximate surface area is 125 Å². The molecule has 2 rings (SSSR count). The SMILES string of the molecule is CCC1CN(C(=O)Cc2ccccc2OC)CC/C1=N\O. The Morgan fingerprint density at radius 2 is 2.24 bits per heavy atom. The smallest absolute Gasteiger partial charge is 0.227 e. The first-order chi connectivity index (χ1) is 10.2. The molecule has 1 aromatic carbocycles. The van der Waals surface area contributed by atoms with Gasteiger partial charge in [-0.15, -0.1) is 0 Å². The topological polar surface area (TPSA) is 62.1 Å². The van der Waals surface area contributed by atoms with Crippen molar-refractivity contribution < 1.29 is 14.7 Å². The fourth-order valence-corrected chi connectivity index (χ4v) is 2.76. The maximum atomic E-state index is 12.5. The predicted octanol–water partition coefficient (Wildman–Crippen LogP) is 2.33. The fourth-order valence-electron chi connectivity index (χ4n) is 2.76. The van der Waals surface area contributed by atoms with Crippen LogP contribution in [0.5, 0.6) is 5.75 Å². The van der Waals surface area contributed by atoms with Crippen molar-refractivity contribution in [2.75, 3.05) is 20.2 Å². The highest BCUT2D eigenvalue weighted by atomic mass is 16.5. The molecule has 1 atom stereocenters. The summed E-state index contributed by atoms with van der Waals surface area (Å²) in [5.41, 5.74) is 1.71. The van der Waals surface area contributed by atoms with Gasteiger partial charge in [0.15, 0.2) is 0 Å². The number of benzene rings is 1. The average molecular weight is 290 g/mol. The minimum Gasteiger partial charge on any atom is -0.496 e. The van der Waals surface area contributed by atoms with Gasteiger partial charge in [-0.3, -0.25) is 4.79 Å². The van der Waals surface area contributed by atoms with Gasteiger partial charge >= 0.3 is 0 Å². The van der Waals surface area contributed by atoms with E-state index in [4.69, 9.17) is 9.94 Å². The summed E-state index contributed by atoms with van der Waals surface area (Å²) in [7, 11) is 1.61. The predicted molar refractivity (Wildman–Crippen MR) is 80.9 cm³/mol. The number of methoxy groups -OCH3 is 1. The maximum Gasteiger partial charge on any atom is 0.227 e. The van der Waals surface area contributed by atoms with E-state index in [0.29, 0.717) is 25.9 Å². The highest BCUT2D eigenvalue weighted by Crippen LogP contribution is 2.21. The monoisotopic (exact) mass is 290 g/mol. The van der Waals surface area contributed by atoms with Crippen molar-refractivity contribution in [3.05, 3.63) is 29.8 Å². The van der Waals surface area contributed by atoms with Crippen LogP contribution in [0, 0.1) is 5.92 Å². The minimum absolute atomic E-state index is 0.0925. The van der Waals surface area contributed by atoms with Crippen LogP contribution in [0.4, 0.5) is 0 Å². The molecule has 1 amide bonds. The number of rotatable bonds is 4. The van der Waals surface area contributed by atoms with Gasteiger partial charge in [0.2, 0.25) is 5.91 Å². The van der Waals surface area contributed by atoms with Gasteiger partial charge in [-0.1, -0.05) is 30.3 Å². The van der Waals surface area contributed by atoms with Gasteiger partial charge in [-0.2, -0.15) is 0 Å². The summed E-state index contributed by atoms with van der Waals surface area (Å²) in [4.78, 5) is 14.3. The van der Waals surface area contributed by atoms with Crippen LogP contribution in [0.15, 0.2) is 29.4 Å². The summed E-state index contributed by atoms with van der Waals surface area (Å²) in [6.45, 7) is 3.29. The van der Waals surface area contributed by atoms with Crippen molar-refractivity contribution in [1.29, 1.82) is 0 Å². The maximum absolute atomic E-state index is 12.5. The molecule has 114 valence electrons. The van der Waals surface area contributed by atoms with Gasteiger partial charge in [0.1, 0.15) is 5.75 Å². The third-order valence-electron chi connectivity index (χ3n) is 4.06. The van der Waals surface area contributed by atoms with Crippen molar-refractivity contribution in [2.24, 2.45) is 11.1 Å². The van der Waals surface area contributed by atoms with Crippen LogP contribution in [0.25, 0.3) is 0 Å². The lowest BCUT2D eigenvalue weighted by Crippen LogP contribution is -2.44. The van der Waals surface area contributed by atoms with Gasteiger partial charge in [0.05, 0.1) is 19.2 Å². The minimum atomic E-state index is 0.0925. The van der Waals surface area contributed by atoms with Gasteiger partial charge < -0.3 is 14.8 Å². The van der Waals surface area contributed by atoms with Crippen LogP contribution in [0.1, 0.15) is 25.3 Å². The first kappa shape index (κ1) is 15.4. The Bertz CT molecular complexity index is 528. The van der Waals surface area contributed by atoms with E-state index in [1.165, 1.54) is 0 Å². The molecular formula is C16H22N2O3. The summed E-state index contributed by atoms with van der Waals surface area (Å²) in [5, 5.41) is 12.4. The molecule has 0 bridgehead atoms. The first-order valence-corrected chi connectivity index (χ1v) is 7.30. The Morgan fingerprint density at radius 3 is 2.90 bits per heavy atom. The Kier molecular flexibility index (Phi) is 5.20. The highest BCUT2D eigenvalue weighted by molar-refractivity contribution is 5.89. The lowest BCUT2D eigenvalue weighted by atomic mass is 9.93. The van der Waals surface area contributed by atoms with E-state index in [0.717, 1.165) is 23.4 Å². The molecule has 1 aliphatic heterocycles. The van der Waals surface area contributed by atoms with Crippen LogP contribution in [0.2, 0.25) is 0 Å². The molecular weight excluding hydrogens is 268 g/mol. The number of piperidine rings is 1. The molecule has 1 unspecified atom stereocenters. The molecule has 0 spiro atoms. The van der Waals surface area contributed by atoms with Crippen LogP contribution in [0.3, 0.4) is 0 Å². The number of hydrogen-bond donors (Lipinski definition) is 1. The van der Waals surface area contributed by atoms with Gasteiger partial charge in [0.25, 0.3) is 0 Å². The van der Waals surface area contributed by atoms with Crippen molar-refractivity contribution in [3.8, 4) is 5.75 Å². The summed E-state index contributed by atoms with van der Waals surface area (Å²) in [6, 6.07) is 7.58. The van der Waals surface area contributed by atoms with E-state index >= 15 is 0 Å². The quantitative estimate of drug-likeness (QED) is 0.684. The summed E-state index contributed by atoms with van der Waals surface area (Å²) in [5.74, 6) is 0.993. The second-order valence-electron chi connectivity index (χ2n) is 5.27. The second-order valence-corrected chi connectivity index (χ2v) is 5.27. The van der Waals surface area contributed by atoms with Crippen LogP contribution < -0.4 is 4.74 Å². The third kappa shape index (κ3) is 3.54. The average Bonchev–Trinajstić information content (AvgIpc) is 2.54. The number of amides is 1. The molecule has 1 heterocycles. The van der Waals surface area contributed by atoms with E-state index in [1.54, 1.807) is 7.11 Å². The number of carbonyl (C=O) groups excluding carboxylic acids is 1. The van der Waals surface area contributed by atoms with E-state index in [-0.39, 0.29) is 11.8 Å². The standard InChI is InChI=1S/C16H22N2O3/c1-3-12-11-18(9-8-14(12)17-20)16(19)10-13-6-4-5-7-15(13)21-2/h4-7,12,20H,3,8-11H2,1-2H3/b17-14+. The van der Waals surface area contributed by atoms with Crippen molar-refractivity contribution in [2.45, 2.75) is 26.2 Å². The molecule has 1 N–H and O–H groups in total. The lowest BCUT2D eigenvalue weighted by molar-refractivity contribution is -0.131. The molecule has 1 saturated heterocycles.